The Labute approximate surface area is 76.3 Å². The summed E-state index contributed by atoms with van der Waals surface area (Å²) in [4.78, 5) is 9.48. The zero-order valence-electron chi connectivity index (χ0n) is 5.64. The molecular formula is C3H10N2O2S2Se. The van der Waals surface area contributed by atoms with Crippen molar-refractivity contribution in [3.05, 3.63) is 0 Å². The fourth-order valence-electron chi connectivity index (χ4n) is 0. The molecule has 0 bridgehead atoms. The molecular weight excluding hydrogens is 239 g/mol. The van der Waals surface area contributed by atoms with Gasteiger partial charge in [-0.1, -0.05) is 21.6 Å². The molecule has 10 heavy (non-hydrogen) atoms. The Bertz CT molecular complexity index is 90.6. The summed E-state index contributed by atoms with van der Waals surface area (Å²) in [5, 5.41) is 7.78. The van der Waals surface area contributed by atoms with Crippen molar-refractivity contribution in [1.29, 1.82) is 0 Å². The Hall–Kier alpha value is 0.449. The van der Waals surface area contributed by atoms with Crippen LogP contribution in [0.2, 0.25) is 0 Å². The van der Waals surface area contributed by atoms with Crippen molar-refractivity contribution in [2.45, 2.75) is 0 Å². The maximum absolute atomic E-state index is 9.48. The van der Waals surface area contributed by atoms with Crippen LogP contribution >= 0.6 is 21.6 Å². The van der Waals surface area contributed by atoms with Crippen LogP contribution in [0.5, 0.6) is 0 Å². The Balaban J connectivity index is 0. The predicted octanol–water partition coefficient (Wildman–Crippen LogP) is 0.283. The molecule has 0 saturated heterocycles. The number of nitrogens with zero attached hydrogens (tertiary/aromatic N) is 1. The maximum atomic E-state index is 9.48. The summed E-state index contributed by atoms with van der Waals surface area (Å²) in [7, 11) is 3.55. The van der Waals surface area contributed by atoms with Crippen LogP contribution in [0.4, 0.5) is 4.79 Å². The second-order valence-corrected chi connectivity index (χ2v) is 4.53. The standard InChI is InChI=1S/C2H6S2.CH4N2O2Se/c1-3-4-2;2-3(6)1(4)5/h1-2H3;6H,2H2,(H,4,5). The number of carboxylic acid groups (broad SMARTS) is 1. The molecule has 7 heteroatoms. The molecule has 0 rings (SSSR count). The second kappa shape index (κ2) is 9.45. The number of amides is 1. The van der Waals surface area contributed by atoms with Gasteiger partial charge >= 0.3 is 42.1 Å². The summed E-state index contributed by atoms with van der Waals surface area (Å²) in [6.45, 7) is 0. The molecule has 0 heterocycles. The van der Waals surface area contributed by atoms with Gasteiger partial charge < -0.3 is 0 Å². The number of hydrogen-bond donors (Lipinski definition) is 2. The van der Waals surface area contributed by atoms with Crippen LogP contribution in [-0.2, 0) is 0 Å². The fraction of sp³-hybridized carbons (Fsp3) is 0.667. The Morgan fingerprint density at radius 3 is 1.80 bits per heavy atom. The van der Waals surface area contributed by atoms with Crippen LogP contribution in [-0.4, -0.2) is 44.0 Å². The SMILES string of the molecule is CSSC.NN([SeH])C(=O)O. The number of nitrogens with two attached hydrogens (primary N) is 1. The van der Waals surface area contributed by atoms with Crippen molar-refractivity contribution in [3.63, 3.8) is 0 Å². The van der Waals surface area contributed by atoms with E-state index in [4.69, 9.17) is 5.11 Å². The van der Waals surface area contributed by atoms with Gasteiger partial charge in [-0.2, -0.15) is 0 Å². The van der Waals surface area contributed by atoms with E-state index in [1.54, 1.807) is 37.8 Å². The Morgan fingerprint density at radius 1 is 1.60 bits per heavy atom. The Morgan fingerprint density at radius 2 is 1.80 bits per heavy atom. The third-order valence-corrected chi connectivity index (χ3v) is 2.05. The quantitative estimate of drug-likeness (QED) is 0.230. The average Bonchev–Trinajstić information content (AvgIpc) is 1.89. The molecule has 3 N–H and O–H groups in total. The van der Waals surface area contributed by atoms with Gasteiger partial charge in [0.2, 0.25) is 0 Å². The molecule has 0 aromatic rings. The van der Waals surface area contributed by atoms with E-state index < -0.39 is 6.09 Å². The van der Waals surface area contributed by atoms with Crippen LogP contribution < -0.4 is 5.84 Å². The number of rotatable bonds is 1. The summed E-state index contributed by atoms with van der Waals surface area (Å²) >= 11 is 1.65. The predicted molar refractivity (Wildman–Crippen MR) is 48.2 cm³/mol. The van der Waals surface area contributed by atoms with Crippen LogP contribution in [0.15, 0.2) is 0 Å². The van der Waals surface area contributed by atoms with Crippen LogP contribution in [0, 0.1) is 0 Å². The van der Waals surface area contributed by atoms with Gasteiger partial charge in [-0.25, -0.2) is 0 Å². The minimum atomic E-state index is -1.16. The average molecular weight is 249 g/mol. The van der Waals surface area contributed by atoms with Crippen molar-refractivity contribution in [2.24, 2.45) is 5.84 Å². The first-order valence-electron chi connectivity index (χ1n) is 2.09. The van der Waals surface area contributed by atoms with Gasteiger partial charge in [0.15, 0.2) is 0 Å². The van der Waals surface area contributed by atoms with E-state index in [1.807, 2.05) is 0 Å². The molecule has 0 aromatic heterocycles. The van der Waals surface area contributed by atoms with Gasteiger partial charge in [-0.15, -0.1) is 0 Å². The van der Waals surface area contributed by atoms with E-state index in [2.05, 4.69) is 18.4 Å². The number of hydrogen-bond acceptors (Lipinski definition) is 4. The molecule has 0 aromatic carbocycles. The topological polar surface area (TPSA) is 66.6 Å². The molecule has 0 saturated carbocycles. The molecule has 0 aliphatic rings. The minimum absolute atomic E-state index is 0.521. The summed E-state index contributed by atoms with van der Waals surface area (Å²) < 4.78 is 0.521. The zero-order valence-corrected chi connectivity index (χ0v) is 9.15. The van der Waals surface area contributed by atoms with Gasteiger partial charge in [0.25, 0.3) is 0 Å². The zero-order chi connectivity index (χ0) is 8.57. The first-order chi connectivity index (χ1) is 4.56. The molecule has 0 aliphatic carbocycles. The summed E-state index contributed by atoms with van der Waals surface area (Å²) in [5.74, 6) is 4.64. The van der Waals surface area contributed by atoms with Gasteiger partial charge in [-0.3, -0.25) is 0 Å². The second-order valence-electron chi connectivity index (χ2n) is 0.960. The molecule has 0 aliphatic heterocycles. The van der Waals surface area contributed by atoms with Gasteiger partial charge in [0.05, 0.1) is 0 Å². The molecule has 0 atom stereocenters. The monoisotopic (exact) mass is 250 g/mol. The van der Waals surface area contributed by atoms with E-state index >= 15 is 0 Å². The molecule has 0 unspecified atom stereocenters. The van der Waals surface area contributed by atoms with Crippen LogP contribution in [0.1, 0.15) is 0 Å². The van der Waals surface area contributed by atoms with Gasteiger partial charge in [0.1, 0.15) is 0 Å². The van der Waals surface area contributed by atoms with Crippen LogP contribution in [0.3, 0.4) is 0 Å². The van der Waals surface area contributed by atoms with E-state index in [1.165, 1.54) is 0 Å². The van der Waals surface area contributed by atoms with Crippen molar-refractivity contribution in [1.82, 2.24) is 4.03 Å². The first-order valence-corrected chi connectivity index (χ1v) is 5.90. The molecule has 62 valence electrons. The number of carbonyl (C=O) groups is 1. The van der Waals surface area contributed by atoms with E-state index in [-0.39, 0.29) is 0 Å². The van der Waals surface area contributed by atoms with E-state index in [9.17, 15) is 4.79 Å². The van der Waals surface area contributed by atoms with E-state index in [0.717, 1.165) is 0 Å². The third kappa shape index (κ3) is 15.8. The summed E-state index contributed by atoms with van der Waals surface area (Å²) in [6, 6.07) is 0. The van der Waals surface area contributed by atoms with Gasteiger partial charge in [0, 0.05) is 0 Å². The van der Waals surface area contributed by atoms with Crippen molar-refractivity contribution >= 4 is 43.9 Å². The van der Waals surface area contributed by atoms with E-state index in [0.29, 0.717) is 4.03 Å². The summed E-state index contributed by atoms with van der Waals surface area (Å²) in [6.07, 6.45) is 2.96. The normalized spacial score (nSPS) is 7.60. The van der Waals surface area contributed by atoms with Crippen molar-refractivity contribution in [2.75, 3.05) is 12.5 Å². The first kappa shape index (κ1) is 13.1. The number of hydrazine groups is 1. The van der Waals surface area contributed by atoms with Gasteiger partial charge in [-0.05, 0) is 12.5 Å². The molecule has 1 amide bonds. The van der Waals surface area contributed by atoms with Crippen molar-refractivity contribution < 1.29 is 9.90 Å². The fourth-order valence-corrected chi connectivity index (χ4v) is 0. The molecule has 0 spiro atoms. The third-order valence-electron chi connectivity index (χ3n) is 0.363. The summed E-state index contributed by atoms with van der Waals surface area (Å²) in [5.41, 5.74) is 0. The molecule has 4 nitrogen and oxygen atoms in total. The van der Waals surface area contributed by atoms with Crippen LogP contribution in [0.25, 0.3) is 0 Å². The Kier molecular flexibility index (Phi) is 12.3. The molecule has 0 fully saturated rings. The van der Waals surface area contributed by atoms with Crippen molar-refractivity contribution in [3.8, 4) is 0 Å². The molecule has 0 radical (unpaired) electrons.